The van der Waals surface area contributed by atoms with Gasteiger partial charge in [0.1, 0.15) is 0 Å². The van der Waals surface area contributed by atoms with E-state index in [1.54, 1.807) is 23.9 Å². The van der Waals surface area contributed by atoms with Crippen molar-refractivity contribution in [2.75, 3.05) is 6.54 Å². The fraction of sp³-hybridized carbons (Fsp3) is 0.364. The summed E-state index contributed by atoms with van der Waals surface area (Å²) in [6.45, 7) is 2.49. The second kappa shape index (κ2) is 11.5. The number of carbonyl (C=O) groups is 2. The Labute approximate surface area is 170 Å². The lowest BCUT2D eigenvalue weighted by Gasteiger charge is -2.15. The van der Waals surface area contributed by atoms with E-state index in [9.17, 15) is 19.9 Å². The van der Waals surface area contributed by atoms with Crippen LogP contribution in [0, 0.1) is 0 Å². The molecule has 0 saturated heterocycles. The number of benzene rings is 2. The summed E-state index contributed by atoms with van der Waals surface area (Å²) < 4.78 is 0. The van der Waals surface area contributed by atoms with Crippen molar-refractivity contribution in [1.82, 2.24) is 5.06 Å². The smallest absolute Gasteiger partial charge is 0.335 e. The van der Waals surface area contributed by atoms with E-state index >= 15 is 0 Å². The monoisotopic (exact) mass is 401 g/mol. The maximum atomic E-state index is 12.1. The molecule has 0 bridgehead atoms. The van der Waals surface area contributed by atoms with Crippen molar-refractivity contribution >= 4 is 23.6 Å². The van der Waals surface area contributed by atoms with E-state index < -0.39 is 5.97 Å². The first-order valence-electron chi connectivity index (χ1n) is 9.53. The fourth-order valence-electron chi connectivity index (χ4n) is 2.80. The number of hydrogen-bond acceptors (Lipinski definition) is 4. The lowest BCUT2D eigenvalue weighted by molar-refractivity contribution is -0.164. The molecule has 2 aromatic rings. The van der Waals surface area contributed by atoms with Gasteiger partial charge in [-0.2, -0.15) is 0 Å². The molecular weight excluding hydrogens is 374 g/mol. The molecule has 150 valence electrons. The van der Waals surface area contributed by atoms with Crippen LogP contribution >= 0.6 is 11.8 Å². The molecule has 0 aliphatic heterocycles. The molecule has 0 saturated carbocycles. The predicted octanol–water partition coefficient (Wildman–Crippen LogP) is 5.02. The Kier molecular flexibility index (Phi) is 9.04. The number of carboxylic acid groups (broad SMARTS) is 1. The van der Waals surface area contributed by atoms with Gasteiger partial charge in [-0.25, -0.2) is 9.86 Å². The van der Waals surface area contributed by atoms with Crippen LogP contribution in [0.4, 0.5) is 0 Å². The van der Waals surface area contributed by atoms with Crippen LogP contribution in [0.5, 0.6) is 0 Å². The molecule has 0 unspecified atom stereocenters. The number of thioether (sulfide) groups is 1. The molecule has 6 heteroatoms. The zero-order chi connectivity index (χ0) is 20.4. The Bertz CT molecular complexity index is 776. The number of aromatic carboxylic acids is 1. The highest BCUT2D eigenvalue weighted by Crippen LogP contribution is 2.25. The van der Waals surface area contributed by atoms with Crippen molar-refractivity contribution in [3.05, 3.63) is 65.2 Å². The van der Waals surface area contributed by atoms with E-state index in [0.717, 1.165) is 46.8 Å². The number of nitrogens with zero attached hydrogens (tertiary/aromatic N) is 1. The average molecular weight is 402 g/mol. The van der Waals surface area contributed by atoms with Gasteiger partial charge in [-0.05, 0) is 35.7 Å². The van der Waals surface area contributed by atoms with Crippen molar-refractivity contribution < 1.29 is 19.9 Å². The summed E-state index contributed by atoms with van der Waals surface area (Å²) in [6.07, 6.45) is 4.21. The summed E-state index contributed by atoms with van der Waals surface area (Å²) in [4.78, 5) is 24.4. The normalized spacial score (nSPS) is 10.6. The lowest BCUT2D eigenvalue weighted by Crippen LogP contribution is -2.29. The van der Waals surface area contributed by atoms with Crippen LogP contribution in [0.2, 0.25) is 0 Å². The standard InChI is InChI=1S/C22H27NO4S/c1-2-3-4-7-14-23(27)21(24)15-17-10-12-19(13-11-17)28-16-18-8-5-6-9-20(18)22(25)26/h5-6,8-13,27H,2-4,7,14-16H2,1H3,(H,25,26). The summed E-state index contributed by atoms with van der Waals surface area (Å²) in [5.74, 6) is -0.663. The molecule has 0 fully saturated rings. The molecule has 5 nitrogen and oxygen atoms in total. The lowest BCUT2D eigenvalue weighted by atomic mass is 10.1. The molecule has 0 aromatic heterocycles. The molecular formula is C22H27NO4S. The first kappa shape index (κ1) is 22.0. The Balaban J connectivity index is 1.85. The van der Waals surface area contributed by atoms with E-state index in [0.29, 0.717) is 17.9 Å². The van der Waals surface area contributed by atoms with Crippen molar-refractivity contribution in [2.45, 2.75) is 49.7 Å². The third-order valence-electron chi connectivity index (χ3n) is 4.43. The molecule has 1 amide bonds. The Hall–Kier alpha value is -2.31. The van der Waals surface area contributed by atoms with Crippen LogP contribution in [0.15, 0.2) is 53.4 Å². The highest BCUT2D eigenvalue weighted by Gasteiger charge is 2.12. The number of hydroxylamine groups is 2. The highest BCUT2D eigenvalue weighted by atomic mass is 32.2. The minimum atomic E-state index is -0.923. The van der Waals surface area contributed by atoms with Crippen LogP contribution in [-0.2, 0) is 17.0 Å². The highest BCUT2D eigenvalue weighted by molar-refractivity contribution is 7.98. The summed E-state index contributed by atoms with van der Waals surface area (Å²) in [6, 6.07) is 14.6. The van der Waals surface area contributed by atoms with Crippen LogP contribution in [0.25, 0.3) is 0 Å². The second-order valence-corrected chi connectivity index (χ2v) is 7.70. The van der Waals surface area contributed by atoms with Gasteiger partial charge in [-0.15, -0.1) is 11.8 Å². The number of hydrogen-bond donors (Lipinski definition) is 2. The molecule has 2 N–H and O–H groups in total. The van der Waals surface area contributed by atoms with Crippen LogP contribution < -0.4 is 0 Å². The maximum absolute atomic E-state index is 12.1. The Morgan fingerprint density at radius 3 is 2.39 bits per heavy atom. The summed E-state index contributed by atoms with van der Waals surface area (Å²) in [7, 11) is 0. The first-order valence-corrected chi connectivity index (χ1v) is 10.5. The largest absolute Gasteiger partial charge is 0.478 e. The van der Waals surface area contributed by atoms with Crippen LogP contribution in [0.1, 0.15) is 54.1 Å². The van der Waals surface area contributed by atoms with Crippen LogP contribution in [-0.4, -0.2) is 33.8 Å². The van der Waals surface area contributed by atoms with Gasteiger partial charge in [0.2, 0.25) is 5.91 Å². The molecule has 0 spiro atoms. The number of carboxylic acids is 1. The van der Waals surface area contributed by atoms with E-state index in [4.69, 9.17) is 0 Å². The third kappa shape index (κ3) is 7.02. The van der Waals surface area contributed by atoms with Crippen molar-refractivity contribution in [1.29, 1.82) is 0 Å². The third-order valence-corrected chi connectivity index (χ3v) is 5.49. The van der Waals surface area contributed by atoms with Gasteiger partial charge >= 0.3 is 5.97 Å². The van der Waals surface area contributed by atoms with Crippen molar-refractivity contribution in [2.24, 2.45) is 0 Å². The zero-order valence-electron chi connectivity index (χ0n) is 16.1. The predicted molar refractivity (Wildman–Crippen MR) is 111 cm³/mol. The van der Waals surface area contributed by atoms with E-state index in [1.165, 1.54) is 0 Å². The number of amides is 1. The van der Waals surface area contributed by atoms with Gasteiger partial charge in [-0.1, -0.05) is 56.5 Å². The van der Waals surface area contributed by atoms with Crippen molar-refractivity contribution in [3.63, 3.8) is 0 Å². The summed E-state index contributed by atoms with van der Waals surface area (Å²) >= 11 is 1.55. The minimum absolute atomic E-state index is 0.164. The molecule has 0 aliphatic rings. The topological polar surface area (TPSA) is 77.8 Å². The molecule has 0 heterocycles. The summed E-state index contributed by atoms with van der Waals surface area (Å²) in [5, 5.41) is 19.9. The number of carbonyl (C=O) groups excluding carboxylic acids is 1. The van der Waals surface area contributed by atoms with E-state index in [1.807, 2.05) is 36.4 Å². The molecule has 2 rings (SSSR count). The maximum Gasteiger partial charge on any atom is 0.335 e. The Morgan fingerprint density at radius 1 is 1.00 bits per heavy atom. The average Bonchev–Trinajstić information content (AvgIpc) is 2.70. The Morgan fingerprint density at radius 2 is 1.71 bits per heavy atom. The SMILES string of the molecule is CCCCCCN(O)C(=O)Cc1ccc(SCc2ccccc2C(=O)O)cc1. The quantitative estimate of drug-likeness (QED) is 0.239. The van der Waals surface area contributed by atoms with Gasteiger partial charge in [-0.3, -0.25) is 10.0 Å². The summed E-state index contributed by atoms with van der Waals surface area (Å²) in [5.41, 5.74) is 1.94. The van der Waals surface area contributed by atoms with Gasteiger partial charge < -0.3 is 5.11 Å². The fourth-order valence-corrected chi connectivity index (χ4v) is 3.70. The minimum Gasteiger partial charge on any atom is -0.478 e. The van der Waals surface area contributed by atoms with Crippen molar-refractivity contribution in [3.8, 4) is 0 Å². The molecule has 28 heavy (non-hydrogen) atoms. The second-order valence-electron chi connectivity index (χ2n) is 6.65. The number of unbranched alkanes of at least 4 members (excludes halogenated alkanes) is 3. The van der Waals surface area contributed by atoms with Crippen LogP contribution in [0.3, 0.4) is 0 Å². The van der Waals surface area contributed by atoms with E-state index in [2.05, 4.69) is 6.92 Å². The van der Waals surface area contributed by atoms with Gasteiger partial charge in [0, 0.05) is 17.2 Å². The van der Waals surface area contributed by atoms with Gasteiger partial charge in [0.15, 0.2) is 0 Å². The molecule has 0 radical (unpaired) electrons. The number of rotatable bonds is 11. The van der Waals surface area contributed by atoms with E-state index in [-0.39, 0.29) is 12.3 Å². The first-order chi connectivity index (χ1) is 13.5. The molecule has 0 atom stereocenters. The van der Waals surface area contributed by atoms with Gasteiger partial charge in [0.05, 0.1) is 12.0 Å². The van der Waals surface area contributed by atoms with Gasteiger partial charge in [0.25, 0.3) is 0 Å². The zero-order valence-corrected chi connectivity index (χ0v) is 17.0. The molecule has 2 aromatic carbocycles. The molecule has 0 aliphatic carbocycles.